The van der Waals surface area contributed by atoms with Crippen LogP contribution in [0.1, 0.15) is 70.6 Å². The van der Waals surface area contributed by atoms with Crippen molar-refractivity contribution in [3.8, 4) is 5.75 Å². The Hall–Kier alpha value is -1.92. The minimum atomic E-state index is -2.44. The molecule has 0 bridgehead atoms. The van der Waals surface area contributed by atoms with Gasteiger partial charge in [-0.05, 0) is 19.1 Å². The maximum atomic E-state index is 13.4. The van der Waals surface area contributed by atoms with Crippen LogP contribution in [0.4, 0.5) is 5.69 Å². The Bertz CT molecular complexity index is 1430. The predicted molar refractivity (Wildman–Crippen MR) is 194 cm³/mol. The summed E-state index contributed by atoms with van der Waals surface area (Å²) < 4.78 is 6.14. The molecule has 242 valence electrons. The number of likely N-dealkylation sites (N-methyl/N-ethyl adjacent to an activating group) is 1. The minimum absolute atomic E-state index is 0.0696. The van der Waals surface area contributed by atoms with E-state index in [0.29, 0.717) is 33.2 Å². The first-order valence-corrected chi connectivity index (χ1v) is 21.4. The number of para-hydroxylation sites is 1. The summed E-state index contributed by atoms with van der Waals surface area (Å²) in [5, 5.41) is 2.22. The molecule has 3 aromatic rings. The van der Waals surface area contributed by atoms with Gasteiger partial charge in [-0.15, -0.1) is 0 Å². The van der Waals surface area contributed by atoms with Crippen molar-refractivity contribution in [2.75, 3.05) is 43.1 Å². The molecular formula is C34H47BrCl2N3O3P. The van der Waals surface area contributed by atoms with E-state index in [0.717, 1.165) is 73.6 Å². The van der Waals surface area contributed by atoms with Crippen LogP contribution in [0.15, 0.2) is 42.5 Å². The van der Waals surface area contributed by atoms with Crippen molar-refractivity contribution in [3.63, 3.8) is 0 Å². The van der Waals surface area contributed by atoms with Crippen LogP contribution < -0.4 is 15.0 Å². The molecule has 0 fully saturated rings. The number of aryl methyl sites for hydroxylation is 1. The number of pyridine rings is 1. The van der Waals surface area contributed by atoms with Gasteiger partial charge in [0.1, 0.15) is 5.52 Å². The van der Waals surface area contributed by atoms with Gasteiger partial charge in [-0.2, -0.15) is 0 Å². The summed E-state index contributed by atoms with van der Waals surface area (Å²) in [4.78, 5) is 32.8. The van der Waals surface area contributed by atoms with Crippen LogP contribution in [-0.4, -0.2) is 55.0 Å². The van der Waals surface area contributed by atoms with Gasteiger partial charge in [-0.25, -0.2) is 4.98 Å². The summed E-state index contributed by atoms with van der Waals surface area (Å²) in [6.45, 7) is 8.52. The molecule has 0 aliphatic heterocycles. The van der Waals surface area contributed by atoms with Crippen LogP contribution >= 0.6 is 44.0 Å². The summed E-state index contributed by atoms with van der Waals surface area (Å²) in [7, 11) is 1.65. The molecule has 2 aromatic carbocycles. The fourth-order valence-electron chi connectivity index (χ4n) is 5.53. The number of benzene rings is 2. The number of hydrogen-bond donors (Lipinski definition) is 1. The standard InChI is InChI=1S/C34H47BrCl2N3O3P/c1-6-9-19-44(35,20-10-7-2,21-11-8-3)24-31(41)38-22-32(42)40(5)29-18-17-28(36)27(33(29)37)23-43-30-14-12-13-26-16-15-25(4)39-34(26)30/h12-18H,6-11,19-24H2,1-5H3,(H,38,41). The average molecular weight is 728 g/mol. The van der Waals surface area contributed by atoms with Crippen molar-refractivity contribution in [1.29, 1.82) is 0 Å². The number of nitrogens with one attached hydrogen (secondary N) is 1. The number of nitrogens with zero attached hydrogens (tertiary/aromatic N) is 2. The first-order valence-electron chi connectivity index (χ1n) is 15.7. The Balaban J connectivity index is 1.72. The van der Waals surface area contributed by atoms with Gasteiger partial charge in [-0.1, -0.05) is 18.2 Å². The molecule has 10 heteroatoms. The maximum absolute atomic E-state index is 13.4. The molecule has 0 radical (unpaired) electrons. The Kier molecular flexibility index (Phi) is 13.8. The predicted octanol–water partition coefficient (Wildman–Crippen LogP) is 9.77. The van der Waals surface area contributed by atoms with Crippen LogP contribution in [-0.2, 0) is 16.2 Å². The molecule has 2 amide bonds. The van der Waals surface area contributed by atoms with E-state index in [9.17, 15) is 9.59 Å². The monoisotopic (exact) mass is 725 g/mol. The number of rotatable bonds is 17. The van der Waals surface area contributed by atoms with E-state index in [-0.39, 0.29) is 25.0 Å². The van der Waals surface area contributed by atoms with E-state index < -0.39 is 5.31 Å². The quantitative estimate of drug-likeness (QED) is 0.141. The van der Waals surface area contributed by atoms with Crippen LogP contribution in [0.3, 0.4) is 0 Å². The second kappa shape index (κ2) is 16.6. The number of ether oxygens (including phenoxy) is 1. The van der Waals surface area contributed by atoms with Gasteiger partial charge in [0.25, 0.3) is 0 Å². The molecular weight excluding hydrogens is 680 g/mol. The molecule has 0 aliphatic rings. The summed E-state index contributed by atoms with van der Waals surface area (Å²) in [5.41, 5.74) is 2.71. The fourth-order valence-corrected chi connectivity index (χ4v) is 14.4. The number of carbonyl (C=O) groups excluding carboxylic acids is 2. The van der Waals surface area contributed by atoms with E-state index in [4.69, 9.17) is 27.9 Å². The fraction of sp³-hybridized carbons (Fsp3) is 0.500. The zero-order valence-electron chi connectivity index (χ0n) is 26.7. The first kappa shape index (κ1) is 36.5. The Morgan fingerprint density at radius 1 is 0.955 bits per heavy atom. The third-order valence-corrected chi connectivity index (χ3v) is 18.4. The van der Waals surface area contributed by atoms with Gasteiger partial charge in [0.05, 0.1) is 0 Å². The number of carbonyl (C=O) groups is 2. The van der Waals surface area contributed by atoms with Gasteiger partial charge in [0.15, 0.2) is 0 Å². The first-order chi connectivity index (χ1) is 20.9. The average Bonchev–Trinajstić information content (AvgIpc) is 3.00. The van der Waals surface area contributed by atoms with Crippen molar-refractivity contribution in [3.05, 3.63) is 63.8 Å². The van der Waals surface area contributed by atoms with E-state index >= 15 is 0 Å². The number of amides is 2. The third-order valence-electron chi connectivity index (χ3n) is 8.28. The zero-order chi connectivity index (χ0) is 32.4. The molecule has 1 heterocycles. The van der Waals surface area contributed by atoms with Crippen LogP contribution in [0.5, 0.6) is 5.75 Å². The van der Waals surface area contributed by atoms with Gasteiger partial charge >= 0.3 is 224 Å². The molecule has 3 rings (SSSR count). The van der Waals surface area contributed by atoms with E-state index in [1.165, 1.54) is 4.90 Å². The molecule has 6 nitrogen and oxygen atoms in total. The Morgan fingerprint density at radius 3 is 2.20 bits per heavy atom. The molecule has 1 N–H and O–H groups in total. The second-order valence-electron chi connectivity index (χ2n) is 11.9. The van der Waals surface area contributed by atoms with Crippen molar-refractivity contribution in [2.45, 2.75) is 72.8 Å². The molecule has 0 spiro atoms. The summed E-state index contributed by atoms with van der Waals surface area (Å²) in [6, 6.07) is 13.1. The summed E-state index contributed by atoms with van der Waals surface area (Å²) in [5.74, 6) is 0.283. The van der Waals surface area contributed by atoms with E-state index in [2.05, 4.69) is 46.6 Å². The van der Waals surface area contributed by atoms with E-state index in [1.54, 1.807) is 19.2 Å². The summed E-state index contributed by atoms with van der Waals surface area (Å²) in [6.07, 6.45) is 10.2. The number of aromatic nitrogens is 1. The third kappa shape index (κ3) is 9.55. The SMILES string of the molecule is CCCCP(Br)(CCCC)(CCCC)CC(=O)NCC(=O)N(C)c1ccc(Cl)c(COc2cccc3ccc(C)nc23)c1Cl. The molecule has 0 atom stereocenters. The van der Waals surface area contributed by atoms with Gasteiger partial charge in [0.2, 0.25) is 0 Å². The zero-order valence-corrected chi connectivity index (χ0v) is 30.7. The van der Waals surface area contributed by atoms with Crippen LogP contribution in [0.25, 0.3) is 10.9 Å². The van der Waals surface area contributed by atoms with E-state index in [1.807, 2.05) is 37.3 Å². The number of halogens is 3. The van der Waals surface area contributed by atoms with Crippen LogP contribution in [0.2, 0.25) is 10.0 Å². The van der Waals surface area contributed by atoms with Crippen LogP contribution in [0, 0.1) is 6.92 Å². The molecule has 0 aliphatic carbocycles. The molecule has 0 saturated carbocycles. The van der Waals surface area contributed by atoms with Gasteiger partial charge in [-0.3, -0.25) is 0 Å². The summed E-state index contributed by atoms with van der Waals surface area (Å²) >= 11 is 17.6. The molecule has 1 aromatic heterocycles. The molecule has 44 heavy (non-hydrogen) atoms. The van der Waals surface area contributed by atoms with Crippen molar-refractivity contribution < 1.29 is 14.3 Å². The molecule has 0 saturated heterocycles. The number of hydrogen-bond acceptors (Lipinski definition) is 4. The normalized spacial score (nSPS) is 12.5. The Labute approximate surface area is 281 Å². The van der Waals surface area contributed by atoms with Gasteiger partial charge in [0, 0.05) is 11.1 Å². The van der Waals surface area contributed by atoms with Crippen molar-refractivity contribution in [1.82, 2.24) is 10.3 Å². The van der Waals surface area contributed by atoms with Gasteiger partial charge < -0.3 is 0 Å². The van der Waals surface area contributed by atoms with Crippen molar-refractivity contribution in [2.24, 2.45) is 0 Å². The second-order valence-corrected chi connectivity index (χ2v) is 24.0. The molecule has 0 unspecified atom stereocenters. The topological polar surface area (TPSA) is 71.5 Å². The number of anilines is 1. The Morgan fingerprint density at radius 2 is 1.59 bits per heavy atom. The number of unbranched alkanes of at least 4 members (excludes halogenated alkanes) is 3. The number of fused-ring (bicyclic) bond motifs is 1. The van der Waals surface area contributed by atoms with Crippen molar-refractivity contribution >= 4 is 72.4 Å².